The molecule has 0 bridgehead atoms. The molecule has 0 aliphatic carbocycles. The summed E-state index contributed by atoms with van der Waals surface area (Å²) >= 11 is 0. The van der Waals surface area contributed by atoms with Crippen LogP contribution in [0.25, 0.3) is 0 Å². The highest BCUT2D eigenvalue weighted by molar-refractivity contribution is 5.71. The van der Waals surface area contributed by atoms with Gasteiger partial charge < -0.3 is 14.2 Å². The van der Waals surface area contributed by atoms with Crippen LogP contribution in [0.4, 0.5) is 0 Å². The Hall–Kier alpha value is -1.59. The van der Waals surface area contributed by atoms with Crippen molar-refractivity contribution in [2.24, 2.45) is 5.92 Å². The van der Waals surface area contributed by atoms with Crippen molar-refractivity contribution in [2.45, 2.75) is 355 Å². The third-order valence-corrected chi connectivity index (χ3v) is 14.0. The van der Waals surface area contributed by atoms with Crippen LogP contribution in [-0.4, -0.2) is 37.2 Å². The van der Waals surface area contributed by atoms with E-state index in [1.807, 2.05) is 0 Å². The Morgan fingerprint density at radius 3 is 0.731 bits per heavy atom. The Kier molecular flexibility index (Phi) is 54.0. The van der Waals surface area contributed by atoms with Gasteiger partial charge in [-0.25, -0.2) is 0 Å². The molecule has 1 atom stereocenters. The van der Waals surface area contributed by atoms with E-state index >= 15 is 0 Å². The van der Waals surface area contributed by atoms with E-state index in [1.165, 1.54) is 244 Å². The smallest absolute Gasteiger partial charge is 0.306 e. The fraction of sp³-hybridized carbons (Fsp3) is 0.951. The van der Waals surface area contributed by atoms with E-state index < -0.39 is 6.10 Å². The summed E-state index contributed by atoms with van der Waals surface area (Å²) in [6, 6.07) is 0. The maximum Gasteiger partial charge on any atom is 0.306 e. The lowest BCUT2D eigenvalue weighted by atomic mass is 10.0. The zero-order valence-corrected chi connectivity index (χ0v) is 45.9. The van der Waals surface area contributed by atoms with Gasteiger partial charge in [0.1, 0.15) is 13.2 Å². The van der Waals surface area contributed by atoms with Gasteiger partial charge in [0.15, 0.2) is 6.10 Å². The molecule has 6 nitrogen and oxygen atoms in total. The Labute approximate surface area is 418 Å². The highest BCUT2D eigenvalue weighted by Gasteiger charge is 2.19. The highest BCUT2D eigenvalue weighted by Crippen LogP contribution is 2.18. The van der Waals surface area contributed by atoms with E-state index in [4.69, 9.17) is 14.2 Å². The Morgan fingerprint density at radius 1 is 0.284 bits per heavy atom. The van der Waals surface area contributed by atoms with E-state index in [0.717, 1.165) is 63.7 Å². The molecular weight excluding hydrogens is 829 g/mol. The molecule has 0 saturated carbocycles. The van der Waals surface area contributed by atoms with Crippen LogP contribution < -0.4 is 0 Å². The second-order valence-electron chi connectivity index (χ2n) is 21.5. The van der Waals surface area contributed by atoms with Gasteiger partial charge in [0.25, 0.3) is 0 Å². The lowest BCUT2D eigenvalue weighted by molar-refractivity contribution is -0.167. The molecule has 0 aliphatic heterocycles. The second-order valence-corrected chi connectivity index (χ2v) is 21.5. The van der Waals surface area contributed by atoms with Crippen LogP contribution in [0.3, 0.4) is 0 Å². The van der Waals surface area contributed by atoms with E-state index in [-0.39, 0.29) is 31.1 Å². The molecule has 67 heavy (non-hydrogen) atoms. The van der Waals surface area contributed by atoms with Crippen LogP contribution in [0.1, 0.15) is 349 Å². The van der Waals surface area contributed by atoms with Gasteiger partial charge in [-0.1, -0.05) is 310 Å². The molecule has 0 N–H and O–H groups in total. The van der Waals surface area contributed by atoms with Crippen molar-refractivity contribution < 1.29 is 28.6 Å². The summed E-state index contributed by atoms with van der Waals surface area (Å²) in [5.41, 5.74) is 0. The van der Waals surface area contributed by atoms with Gasteiger partial charge in [0.2, 0.25) is 0 Å². The molecule has 0 rings (SSSR count). The first-order valence-electron chi connectivity index (χ1n) is 30.4. The molecule has 398 valence electrons. The minimum Gasteiger partial charge on any atom is -0.462 e. The first kappa shape index (κ1) is 65.4. The molecule has 0 spiro atoms. The van der Waals surface area contributed by atoms with Crippen molar-refractivity contribution in [3.05, 3.63) is 0 Å². The monoisotopic (exact) mass is 947 g/mol. The molecule has 0 amide bonds. The normalized spacial score (nSPS) is 12.0. The van der Waals surface area contributed by atoms with Gasteiger partial charge in [-0.3, -0.25) is 14.4 Å². The highest BCUT2D eigenvalue weighted by atomic mass is 16.6. The van der Waals surface area contributed by atoms with E-state index in [2.05, 4.69) is 27.7 Å². The molecule has 6 heteroatoms. The standard InChI is InChI=1S/C61H118O6/c1-5-7-9-11-13-15-17-19-21-22-23-24-25-29-32-36-40-44-48-52-59(62)65-55-58(67-61(64)54-50-46-42-38-34-28-20-18-16-14-12-10-8-6-2)56-66-60(63)53-49-45-41-37-33-30-26-27-31-35-39-43-47-51-57(3)4/h57-58H,5-56H2,1-4H3/t58-/m0/s1. The molecule has 0 saturated heterocycles. The summed E-state index contributed by atoms with van der Waals surface area (Å²) < 4.78 is 16.9. The van der Waals surface area contributed by atoms with Gasteiger partial charge in [-0.15, -0.1) is 0 Å². The lowest BCUT2D eigenvalue weighted by Crippen LogP contribution is -2.30. The van der Waals surface area contributed by atoms with Gasteiger partial charge in [-0.2, -0.15) is 0 Å². The van der Waals surface area contributed by atoms with Crippen molar-refractivity contribution >= 4 is 17.9 Å². The van der Waals surface area contributed by atoms with Crippen molar-refractivity contribution in [3.63, 3.8) is 0 Å². The number of rotatable bonds is 56. The lowest BCUT2D eigenvalue weighted by Gasteiger charge is -2.18. The summed E-state index contributed by atoms with van der Waals surface area (Å²) in [5, 5.41) is 0. The number of carbonyl (C=O) groups is 3. The second kappa shape index (κ2) is 55.3. The number of carbonyl (C=O) groups excluding carboxylic acids is 3. The van der Waals surface area contributed by atoms with Gasteiger partial charge in [-0.05, 0) is 25.2 Å². The SMILES string of the molecule is CCCCCCCCCCCCCCCCCCCCCC(=O)OC[C@@H](COC(=O)CCCCCCCCCCCCCCCC(C)C)OC(=O)CCCCCCCCCCCCCCCC. The predicted molar refractivity (Wildman–Crippen MR) is 289 cm³/mol. The molecule has 0 heterocycles. The molecule has 0 unspecified atom stereocenters. The molecule has 0 radical (unpaired) electrons. The number of unbranched alkanes of at least 4 members (excludes halogenated alkanes) is 43. The molecular formula is C61H118O6. The number of ether oxygens (including phenoxy) is 3. The minimum atomic E-state index is -0.762. The first-order valence-corrected chi connectivity index (χ1v) is 30.4. The number of esters is 3. The van der Waals surface area contributed by atoms with Crippen molar-refractivity contribution in [1.29, 1.82) is 0 Å². The van der Waals surface area contributed by atoms with Crippen LogP contribution in [0.2, 0.25) is 0 Å². The maximum absolute atomic E-state index is 12.9. The fourth-order valence-electron chi connectivity index (χ4n) is 9.46. The van der Waals surface area contributed by atoms with Crippen molar-refractivity contribution in [3.8, 4) is 0 Å². The number of hydrogen-bond donors (Lipinski definition) is 0. The van der Waals surface area contributed by atoms with Crippen LogP contribution in [0.15, 0.2) is 0 Å². The Balaban J connectivity index is 4.27. The summed E-state index contributed by atoms with van der Waals surface area (Å²) in [6.45, 7) is 9.07. The summed E-state index contributed by atoms with van der Waals surface area (Å²) in [4.78, 5) is 38.2. The molecule has 0 aromatic rings. The van der Waals surface area contributed by atoms with Crippen LogP contribution in [0.5, 0.6) is 0 Å². The van der Waals surface area contributed by atoms with Crippen molar-refractivity contribution in [1.82, 2.24) is 0 Å². The Morgan fingerprint density at radius 2 is 0.493 bits per heavy atom. The van der Waals surface area contributed by atoms with E-state index in [0.29, 0.717) is 19.3 Å². The summed E-state index contributed by atoms with van der Waals surface area (Å²) in [6.07, 6.45) is 61.0. The Bertz CT molecular complexity index is 1010. The largest absolute Gasteiger partial charge is 0.462 e. The molecule has 0 aromatic carbocycles. The topological polar surface area (TPSA) is 78.9 Å². The summed E-state index contributed by atoms with van der Waals surface area (Å²) in [5.74, 6) is 0.00799. The average Bonchev–Trinajstić information content (AvgIpc) is 3.31. The van der Waals surface area contributed by atoms with Gasteiger partial charge in [0.05, 0.1) is 0 Å². The number of hydrogen-bond acceptors (Lipinski definition) is 6. The molecule has 0 fully saturated rings. The third-order valence-electron chi connectivity index (χ3n) is 14.0. The first-order chi connectivity index (χ1) is 32.9. The van der Waals surface area contributed by atoms with Crippen LogP contribution in [0, 0.1) is 5.92 Å². The molecule has 0 aliphatic rings. The average molecular weight is 948 g/mol. The molecule has 0 aromatic heterocycles. The van der Waals surface area contributed by atoms with Gasteiger partial charge in [0, 0.05) is 19.3 Å². The fourth-order valence-corrected chi connectivity index (χ4v) is 9.46. The summed E-state index contributed by atoms with van der Waals surface area (Å²) in [7, 11) is 0. The third kappa shape index (κ3) is 55.2. The van der Waals surface area contributed by atoms with Crippen LogP contribution >= 0.6 is 0 Å². The zero-order valence-electron chi connectivity index (χ0n) is 45.9. The minimum absolute atomic E-state index is 0.0615. The maximum atomic E-state index is 12.9. The predicted octanol–water partition coefficient (Wildman–Crippen LogP) is 20.2. The quantitative estimate of drug-likeness (QED) is 0.0343. The van der Waals surface area contributed by atoms with E-state index in [9.17, 15) is 14.4 Å². The van der Waals surface area contributed by atoms with Crippen LogP contribution in [-0.2, 0) is 28.6 Å². The zero-order chi connectivity index (χ0) is 48.8. The van der Waals surface area contributed by atoms with Crippen molar-refractivity contribution in [2.75, 3.05) is 13.2 Å². The van der Waals surface area contributed by atoms with E-state index in [1.54, 1.807) is 0 Å². The van der Waals surface area contributed by atoms with Gasteiger partial charge >= 0.3 is 17.9 Å².